The second-order valence-corrected chi connectivity index (χ2v) is 7.48. The van der Waals surface area contributed by atoms with E-state index < -0.39 is 11.6 Å². The molecule has 1 aromatic rings. The third kappa shape index (κ3) is 3.67. The van der Waals surface area contributed by atoms with Gasteiger partial charge < -0.3 is 10.2 Å². The van der Waals surface area contributed by atoms with E-state index >= 15 is 0 Å². The molecule has 0 aliphatic carbocycles. The molecule has 1 saturated heterocycles. The van der Waals surface area contributed by atoms with Crippen molar-refractivity contribution in [3.05, 3.63) is 29.3 Å². The Morgan fingerprint density at radius 2 is 2.00 bits per heavy atom. The third-order valence-corrected chi connectivity index (χ3v) is 4.65. The van der Waals surface area contributed by atoms with Crippen LogP contribution in [0.1, 0.15) is 31.1 Å². The first-order valence-corrected chi connectivity index (χ1v) is 7.99. The Kier molecular flexibility index (Phi) is 4.76. The summed E-state index contributed by atoms with van der Waals surface area (Å²) in [4.78, 5) is 14.1. The second-order valence-electron chi connectivity index (χ2n) is 5.68. The Morgan fingerprint density at radius 3 is 2.52 bits per heavy atom. The van der Waals surface area contributed by atoms with Gasteiger partial charge in [-0.3, -0.25) is 4.79 Å². The maximum atomic E-state index is 13.9. The van der Waals surface area contributed by atoms with Gasteiger partial charge in [0.2, 0.25) is 0 Å². The summed E-state index contributed by atoms with van der Waals surface area (Å²) in [6.07, 6.45) is 0. The minimum Gasteiger partial charge on any atom is -0.381 e. The smallest absolute Gasteiger partial charge is 0.254 e. The molecule has 1 aliphatic rings. The number of nitrogens with zero attached hydrogens (tertiary/aromatic N) is 1. The van der Waals surface area contributed by atoms with Crippen LogP contribution >= 0.6 is 11.8 Å². The van der Waals surface area contributed by atoms with Crippen LogP contribution in [0.3, 0.4) is 0 Å². The molecular formula is C15H20F2N2OS. The lowest BCUT2D eigenvalue weighted by atomic mass is 10.1. The topological polar surface area (TPSA) is 32.3 Å². The molecule has 0 atom stereocenters. The van der Waals surface area contributed by atoms with Gasteiger partial charge in [-0.25, -0.2) is 8.78 Å². The fourth-order valence-corrected chi connectivity index (χ4v) is 3.53. The van der Waals surface area contributed by atoms with Crippen molar-refractivity contribution in [1.29, 1.82) is 0 Å². The molecule has 21 heavy (non-hydrogen) atoms. The number of halogens is 2. The average molecular weight is 314 g/mol. The Hall–Kier alpha value is -1.30. The van der Waals surface area contributed by atoms with Gasteiger partial charge in [0.1, 0.15) is 17.3 Å². The fraction of sp³-hybridized carbons (Fsp3) is 0.533. The van der Waals surface area contributed by atoms with Crippen molar-refractivity contribution in [2.45, 2.75) is 25.5 Å². The standard InChI is InChI=1S/C15H20F2N2OS/c1-4-18-13-11(16)7-10(8-12(13)17)14(20)19-5-6-21-15(2,3)9-19/h7-8,18H,4-6,9H2,1-3H3. The molecule has 0 radical (unpaired) electrons. The highest BCUT2D eigenvalue weighted by Crippen LogP contribution is 2.30. The number of nitrogens with one attached hydrogen (secondary N) is 1. The molecule has 0 unspecified atom stereocenters. The molecule has 0 spiro atoms. The molecule has 1 fully saturated rings. The number of thioether (sulfide) groups is 1. The molecule has 1 N–H and O–H groups in total. The number of carbonyl (C=O) groups excluding carboxylic acids is 1. The highest BCUT2D eigenvalue weighted by molar-refractivity contribution is 8.00. The lowest BCUT2D eigenvalue weighted by Gasteiger charge is -2.37. The van der Waals surface area contributed by atoms with Crippen molar-refractivity contribution in [2.24, 2.45) is 0 Å². The largest absolute Gasteiger partial charge is 0.381 e. The first-order valence-electron chi connectivity index (χ1n) is 7.00. The highest BCUT2D eigenvalue weighted by atomic mass is 32.2. The molecule has 3 nitrogen and oxygen atoms in total. The quantitative estimate of drug-likeness (QED) is 0.928. The maximum Gasteiger partial charge on any atom is 0.254 e. The van der Waals surface area contributed by atoms with Crippen molar-refractivity contribution >= 4 is 23.4 Å². The molecule has 1 amide bonds. The van der Waals surface area contributed by atoms with Gasteiger partial charge >= 0.3 is 0 Å². The van der Waals surface area contributed by atoms with E-state index in [-0.39, 0.29) is 21.9 Å². The van der Waals surface area contributed by atoms with E-state index in [4.69, 9.17) is 0 Å². The molecule has 116 valence electrons. The van der Waals surface area contributed by atoms with Crippen LogP contribution in [0, 0.1) is 11.6 Å². The number of rotatable bonds is 3. The fourth-order valence-electron chi connectivity index (χ4n) is 2.41. The number of hydrogen-bond acceptors (Lipinski definition) is 3. The molecule has 1 heterocycles. The van der Waals surface area contributed by atoms with Crippen LogP contribution in [0.15, 0.2) is 12.1 Å². The third-order valence-electron chi connectivity index (χ3n) is 3.36. The van der Waals surface area contributed by atoms with Crippen molar-refractivity contribution in [3.63, 3.8) is 0 Å². The monoisotopic (exact) mass is 314 g/mol. The van der Waals surface area contributed by atoms with Crippen LogP contribution in [-0.2, 0) is 0 Å². The van der Waals surface area contributed by atoms with Crippen LogP contribution in [-0.4, -0.2) is 40.9 Å². The van der Waals surface area contributed by atoms with Crippen molar-refractivity contribution in [1.82, 2.24) is 4.90 Å². The van der Waals surface area contributed by atoms with Crippen LogP contribution < -0.4 is 5.32 Å². The number of carbonyl (C=O) groups is 1. The molecule has 6 heteroatoms. The minimum atomic E-state index is -0.731. The number of amides is 1. The van der Waals surface area contributed by atoms with Crippen LogP contribution in [0.4, 0.5) is 14.5 Å². The zero-order valence-electron chi connectivity index (χ0n) is 12.5. The molecule has 1 aliphatic heterocycles. The van der Waals surface area contributed by atoms with Gasteiger partial charge in [0.05, 0.1) is 0 Å². The summed E-state index contributed by atoms with van der Waals surface area (Å²) in [6.45, 7) is 7.48. The van der Waals surface area contributed by atoms with E-state index in [0.29, 0.717) is 19.6 Å². The highest BCUT2D eigenvalue weighted by Gasteiger charge is 2.30. The van der Waals surface area contributed by atoms with E-state index in [1.54, 1.807) is 23.6 Å². The van der Waals surface area contributed by atoms with E-state index in [0.717, 1.165) is 17.9 Å². The predicted octanol–water partition coefficient (Wildman–Crippen LogP) is 3.36. The Balaban J connectivity index is 2.23. The summed E-state index contributed by atoms with van der Waals surface area (Å²) in [6, 6.07) is 2.22. The first kappa shape index (κ1) is 16.1. The zero-order chi connectivity index (χ0) is 15.6. The van der Waals surface area contributed by atoms with Gasteiger partial charge in [0.25, 0.3) is 5.91 Å². The molecular weight excluding hydrogens is 294 g/mol. The maximum absolute atomic E-state index is 13.9. The Labute approximate surface area is 128 Å². The second kappa shape index (κ2) is 6.22. The van der Waals surface area contributed by atoms with Gasteiger partial charge in [0.15, 0.2) is 0 Å². The van der Waals surface area contributed by atoms with Crippen molar-refractivity contribution in [3.8, 4) is 0 Å². The SMILES string of the molecule is CCNc1c(F)cc(C(=O)N2CCSC(C)(C)C2)cc1F. The van der Waals surface area contributed by atoms with Gasteiger partial charge in [-0.2, -0.15) is 11.8 Å². The molecule has 1 aromatic carbocycles. The van der Waals surface area contributed by atoms with Crippen LogP contribution in [0.25, 0.3) is 0 Å². The molecule has 0 aromatic heterocycles. The number of benzene rings is 1. The van der Waals surface area contributed by atoms with E-state index in [1.807, 2.05) is 0 Å². The van der Waals surface area contributed by atoms with Gasteiger partial charge in [-0.1, -0.05) is 0 Å². The first-order chi connectivity index (χ1) is 9.84. The van der Waals surface area contributed by atoms with Gasteiger partial charge in [0, 0.05) is 35.7 Å². The average Bonchev–Trinajstić information content (AvgIpc) is 2.40. The van der Waals surface area contributed by atoms with Crippen LogP contribution in [0.2, 0.25) is 0 Å². The number of hydrogen-bond donors (Lipinski definition) is 1. The number of anilines is 1. The lowest BCUT2D eigenvalue weighted by molar-refractivity contribution is 0.0747. The minimum absolute atomic E-state index is 0.0330. The summed E-state index contributed by atoms with van der Waals surface area (Å²) in [5, 5.41) is 2.62. The predicted molar refractivity (Wildman–Crippen MR) is 83.0 cm³/mol. The Bertz CT molecular complexity index is 525. The van der Waals surface area contributed by atoms with Gasteiger partial charge in [-0.05, 0) is 32.9 Å². The Morgan fingerprint density at radius 1 is 1.38 bits per heavy atom. The normalized spacial score (nSPS) is 17.7. The molecule has 0 saturated carbocycles. The summed E-state index contributed by atoms with van der Waals surface area (Å²) in [7, 11) is 0. The summed E-state index contributed by atoms with van der Waals surface area (Å²) >= 11 is 1.80. The van der Waals surface area contributed by atoms with E-state index in [1.165, 1.54) is 0 Å². The summed E-state index contributed by atoms with van der Waals surface area (Å²) < 4.78 is 27.8. The van der Waals surface area contributed by atoms with E-state index in [2.05, 4.69) is 19.2 Å². The van der Waals surface area contributed by atoms with Crippen molar-refractivity contribution < 1.29 is 13.6 Å². The molecule has 2 rings (SSSR count). The summed E-state index contributed by atoms with van der Waals surface area (Å²) in [5.41, 5.74) is -0.113. The zero-order valence-corrected chi connectivity index (χ0v) is 13.3. The molecule has 0 bridgehead atoms. The van der Waals surface area contributed by atoms with Crippen molar-refractivity contribution in [2.75, 3.05) is 30.7 Å². The van der Waals surface area contributed by atoms with Gasteiger partial charge in [-0.15, -0.1) is 0 Å². The lowest BCUT2D eigenvalue weighted by Crippen LogP contribution is -2.46. The van der Waals surface area contributed by atoms with E-state index in [9.17, 15) is 13.6 Å². The van der Waals surface area contributed by atoms with Crippen LogP contribution in [0.5, 0.6) is 0 Å². The summed E-state index contributed by atoms with van der Waals surface area (Å²) in [5.74, 6) is -0.944.